The number of pyridine rings is 3. The van der Waals surface area contributed by atoms with Crippen molar-refractivity contribution in [2.45, 2.75) is 39.5 Å². The zero-order valence-electron chi connectivity index (χ0n) is 25.6. The number of aliphatic hydroxyl groups excluding tert-OH is 2. The van der Waals surface area contributed by atoms with Gasteiger partial charge < -0.3 is 24.5 Å². The number of hydrogen-bond donors (Lipinski definition) is 4. The summed E-state index contributed by atoms with van der Waals surface area (Å²) in [6.07, 6.45) is 5.36. The first kappa shape index (κ1) is 29.7. The standard InChI is InChI=1S/C35H34FN7O3/c1-20-25(5-3-7-27(20)35-41-31-32(46-35)28(36)19-43(13-14-44)33(31)37)26-6-4-8-29(21(26)2)40-34-30-23(9-11-38-34)15-22(16-39-30)17-42-12-10-24(45)18-42/h3-9,11,15-16,19,24,37,44-45H,10,12-14,17-18H2,1-2H3,(H,38,40)/t24-/m1/s1. The van der Waals surface area contributed by atoms with Crippen LogP contribution in [0.1, 0.15) is 23.1 Å². The van der Waals surface area contributed by atoms with E-state index in [-0.39, 0.29) is 41.7 Å². The number of likely N-dealkylation sites (tertiary alicyclic amines) is 1. The Balaban J connectivity index is 1.21. The summed E-state index contributed by atoms with van der Waals surface area (Å²) in [5, 5.41) is 32.1. The van der Waals surface area contributed by atoms with E-state index in [1.165, 1.54) is 4.57 Å². The van der Waals surface area contributed by atoms with Crippen molar-refractivity contribution in [3.05, 3.63) is 95.1 Å². The lowest BCUT2D eigenvalue weighted by atomic mass is 9.93. The summed E-state index contributed by atoms with van der Waals surface area (Å²) < 4.78 is 22.1. The Bertz CT molecular complexity index is 2160. The van der Waals surface area contributed by atoms with Crippen LogP contribution in [0.25, 0.3) is 44.6 Å². The summed E-state index contributed by atoms with van der Waals surface area (Å²) in [5.74, 6) is 0.243. The molecule has 10 nitrogen and oxygen atoms in total. The molecule has 1 fully saturated rings. The van der Waals surface area contributed by atoms with Crippen molar-refractivity contribution in [3.8, 4) is 22.6 Å². The molecule has 0 aliphatic carbocycles. The smallest absolute Gasteiger partial charge is 0.227 e. The van der Waals surface area contributed by atoms with Crippen LogP contribution in [0.5, 0.6) is 0 Å². The average Bonchev–Trinajstić information content (AvgIpc) is 3.68. The Morgan fingerprint density at radius 2 is 1.83 bits per heavy atom. The maximum Gasteiger partial charge on any atom is 0.227 e. The second-order valence-electron chi connectivity index (χ2n) is 11.8. The van der Waals surface area contributed by atoms with Crippen molar-refractivity contribution in [1.29, 1.82) is 5.41 Å². The molecule has 6 aromatic rings. The van der Waals surface area contributed by atoms with Crippen LogP contribution in [0, 0.1) is 25.1 Å². The van der Waals surface area contributed by atoms with Crippen LogP contribution >= 0.6 is 0 Å². The van der Waals surface area contributed by atoms with E-state index < -0.39 is 5.82 Å². The van der Waals surface area contributed by atoms with E-state index in [0.717, 1.165) is 70.1 Å². The van der Waals surface area contributed by atoms with Crippen LogP contribution in [0.4, 0.5) is 15.9 Å². The van der Waals surface area contributed by atoms with Crippen molar-refractivity contribution in [3.63, 3.8) is 0 Å². The van der Waals surface area contributed by atoms with Gasteiger partial charge >= 0.3 is 0 Å². The molecule has 1 atom stereocenters. The van der Waals surface area contributed by atoms with Gasteiger partial charge in [-0.15, -0.1) is 0 Å². The van der Waals surface area contributed by atoms with Gasteiger partial charge in [-0.2, -0.15) is 0 Å². The molecule has 1 aliphatic rings. The van der Waals surface area contributed by atoms with Gasteiger partial charge in [-0.3, -0.25) is 15.3 Å². The molecule has 4 N–H and O–H groups in total. The molecule has 234 valence electrons. The molecule has 2 aromatic carbocycles. The number of halogens is 1. The number of fused-ring (bicyclic) bond motifs is 2. The monoisotopic (exact) mass is 619 g/mol. The van der Waals surface area contributed by atoms with Gasteiger partial charge in [-0.05, 0) is 72.4 Å². The quantitative estimate of drug-likeness (QED) is 0.177. The molecule has 46 heavy (non-hydrogen) atoms. The van der Waals surface area contributed by atoms with Crippen LogP contribution in [-0.4, -0.2) is 60.4 Å². The minimum atomic E-state index is -0.638. The number of aromatic nitrogens is 4. The van der Waals surface area contributed by atoms with Gasteiger partial charge in [-0.1, -0.05) is 24.3 Å². The third-order valence-electron chi connectivity index (χ3n) is 8.72. The first-order valence-electron chi connectivity index (χ1n) is 15.3. The Morgan fingerprint density at radius 1 is 1.04 bits per heavy atom. The van der Waals surface area contributed by atoms with Gasteiger partial charge in [0.25, 0.3) is 0 Å². The van der Waals surface area contributed by atoms with E-state index in [0.29, 0.717) is 17.9 Å². The van der Waals surface area contributed by atoms with Crippen molar-refractivity contribution in [1.82, 2.24) is 24.4 Å². The van der Waals surface area contributed by atoms with E-state index in [1.54, 1.807) is 6.20 Å². The summed E-state index contributed by atoms with van der Waals surface area (Å²) in [6.45, 7) is 6.19. The molecule has 7 rings (SSSR count). The number of benzene rings is 2. The molecule has 0 saturated carbocycles. The third kappa shape index (κ3) is 5.42. The Hall–Kier alpha value is -4.97. The van der Waals surface area contributed by atoms with Gasteiger partial charge in [0, 0.05) is 61.4 Å². The fraction of sp³-hybridized carbons (Fsp3) is 0.257. The van der Waals surface area contributed by atoms with Crippen LogP contribution in [0.2, 0.25) is 0 Å². The van der Waals surface area contributed by atoms with Crippen molar-refractivity contribution >= 4 is 33.5 Å². The minimum Gasteiger partial charge on any atom is -0.433 e. The summed E-state index contributed by atoms with van der Waals surface area (Å²) in [6, 6.07) is 15.9. The lowest BCUT2D eigenvalue weighted by Gasteiger charge is -2.17. The molecule has 5 heterocycles. The van der Waals surface area contributed by atoms with Gasteiger partial charge in [0.05, 0.1) is 12.7 Å². The van der Waals surface area contributed by atoms with Gasteiger partial charge in [0.2, 0.25) is 5.89 Å². The number of aliphatic hydroxyl groups is 2. The highest BCUT2D eigenvalue weighted by atomic mass is 19.1. The van der Waals surface area contributed by atoms with Crippen molar-refractivity contribution < 1.29 is 19.0 Å². The molecule has 0 amide bonds. The molecule has 0 bridgehead atoms. The van der Waals surface area contributed by atoms with Crippen LogP contribution in [0.15, 0.2) is 71.5 Å². The number of β-amino-alcohol motifs (C(OH)–C–C–N with tert-alkyl or cyclic N) is 1. The van der Waals surface area contributed by atoms with Gasteiger partial charge in [0.15, 0.2) is 28.2 Å². The fourth-order valence-electron chi connectivity index (χ4n) is 6.28. The SMILES string of the molecule is Cc1c(Nc2nccc3cc(CN4CC[C@@H](O)C4)cnc23)cccc1-c1cccc(-c2nc3c(=N)n(CCO)cc(F)c3o2)c1C. The molecule has 11 heteroatoms. The second kappa shape index (κ2) is 12.1. The first-order chi connectivity index (χ1) is 22.3. The molecule has 1 aliphatic heterocycles. The first-order valence-corrected chi connectivity index (χ1v) is 15.3. The van der Waals surface area contributed by atoms with E-state index in [2.05, 4.69) is 32.3 Å². The Labute approximate surface area is 264 Å². The number of nitrogens with zero attached hydrogens (tertiary/aromatic N) is 5. The fourth-order valence-corrected chi connectivity index (χ4v) is 6.28. The number of rotatable bonds is 8. The third-order valence-corrected chi connectivity index (χ3v) is 8.72. The predicted octanol–water partition coefficient (Wildman–Crippen LogP) is 5.44. The number of hydrogen-bond acceptors (Lipinski definition) is 9. The average molecular weight is 620 g/mol. The summed E-state index contributed by atoms with van der Waals surface area (Å²) in [4.78, 5) is 16.1. The molecular weight excluding hydrogens is 585 g/mol. The predicted molar refractivity (Wildman–Crippen MR) is 174 cm³/mol. The summed E-state index contributed by atoms with van der Waals surface area (Å²) in [5.41, 5.74) is 7.30. The normalized spacial score (nSPS) is 15.3. The second-order valence-corrected chi connectivity index (χ2v) is 11.8. The summed E-state index contributed by atoms with van der Waals surface area (Å²) >= 11 is 0. The van der Waals surface area contributed by atoms with E-state index in [1.807, 2.05) is 56.4 Å². The van der Waals surface area contributed by atoms with Crippen molar-refractivity contribution in [2.24, 2.45) is 0 Å². The zero-order chi connectivity index (χ0) is 31.9. The maximum atomic E-state index is 14.9. The van der Waals surface area contributed by atoms with Gasteiger partial charge in [-0.25, -0.2) is 14.4 Å². The van der Waals surface area contributed by atoms with E-state index in [9.17, 15) is 14.6 Å². The lowest BCUT2D eigenvalue weighted by molar-refractivity contribution is 0.175. The highest BCUT2D eigenvalue weighted by Gasteiger charge is 2.21. The molecule has 0 unspecified atom stereocenters. The van der Waals surface area contributed by atoms with Crippen LogP contribution < -0.4 is 10.8 Å². The Morgan fingerprint density at radius 3 is 2.61 bits per heavy atom. The van der Waals surface area contributed by atoms with Gasteiger partial charge in [0.1, 0.15) is 5.52 Å². The highest BCUT2D eigenvalue weighted by Crippen LogP contribution is 2.37. The molecular formula is C35H34FN7O3. The topological polar surface area (TPSA) is 136 Å². The number of nitrogens with one attached hydrogen (secondary N) is 2. The van der Waals surface area contributed by atoms with E-state index >= 15 is 0 Å². The lowest BCUT2D eigenvalue weighted by Crippen LogP contribution is -2.22. The maximum absolute atomic E-state index is 14.9. The number of oxazole rings is 1. The minimum absolute atomic E-state index is 0.0249. The summed E-state index contributed by atoms with van der Waals surface area (Å²) in [7, 11) is 0. The molecule has 0 radical (unpaired) electrons. The largest absolute Gasteiger partial charge is 0.433 e. The molecule has 0 spiro atoms. The molecule has 1 saturated heterocycles. The van der Waals surface area contributed by atoms with E-state index in [4.69, 9.17) is 14.8 Å². The van der Waals surface area contributed by atoms with Crippen LogP contribution in [-0.2, 0) is 13.1 Å². The number of anilines is 2. The van der Waals surface area contributed by atoms with Crippen LogP contribution in [0.3, 0.4) is 0 Å². The zero-order valence-corrected chi connectivity index (χ0v) is 25.6. The van der Waals surface area contributed by atoms with Crippen molar-refractivity contribution in [2.75, 3.05) is 25.0 Å². The molecule has 4 aromatic heterocycles. The Kier molecular flexibility index (Phi) is 7.81. The highest BCUT2D eigenvalue weighted by molar-refractivity contribution is 5.91.